The van der Waals surface area contributed by atoms with Gasteiger partial charge in [-0.1, -0.05) is 30.3 Å². The van der Waals surface area contributed by atoms with E-state index in [2.05, 4.69) is 5.32 Å². The Morgan fingerprint density at radius 1 is 1.35 bits per heavy atom. The summed E-state index contributed by atoms with van der Waals surface area (Å²) >= 11 is 0. The quantitative estimate of drug-likeness (QED) is 0.792. The average Bonchev–Trinajstić information content (AvgIpc) is 2.32. The third kappa shape index (κ3) is 3.56. The number of esters is 1. The second-order valence-electron chi connectivity index (χ2n) is 4.67. The third-order valence-electron chi connectivity index (χ3n) is 3.34. The summed E-state index contributed by atoms with van der Waals surface area (Å²) in [6.45, 7) is 0.391. The summed E-state index contributed by atoms with van der Waals surface area (Å²) in [4.78, 5) is 11.6. The van der Waals surface area contributed by atoms with Crippen molar-refractivity contribution in [3.05, 3.63) is 35.9 Å². The lowest BCUT2D eigenvalue weighted by Crippen LogP contribution is -2.39. The fourth-order valence-corrected chi connectivity index (χ4v) is 2.17. The molecule has 92 valence electrons. The van der Waals surface area contributed by atoms with Crippen molar-refractivity contribution in [3.63, 3.8) is 0 Å². The molecule has 1 saturated carbocycles. The summed E-state index contributed by atoms with van der Waals surface area (Å²) in [5, 5.41) is 3.21. The molecule has 0 radical (unpaired) electrons. The van der Waals surface area contributed by atoms with Crippen molar-refractivity contribution in [1.82, 2.24) is 5.32 Å². The van der Waals surface area contributed by atoms with Crippen molar-refractivity contribution in [1.29, 1.82) is 0 Å². The largest absolute Gasteiger partial charge is 0.461 e. The molecule has 0 saturated heterocycles. The lowest BCUT2D eigenvalue weighted by Gasteiger charge is -2.34. The molecular weight excluding hydrogens is 214 g/mol. The fraction of sp³-hybridized carbons (Fsp3) is 0.500. The van der Waals surface area contributed by atoms with Crippen LogP contribution in [0.15, 0.2) is 30.3 Å². The van der Waals surface area contributed by atoms with E-state index in [4.69, 9.17) is 4.74 Å². The highest BCUT2D eigenvalue weighted by atomic mass is 16.5. The zero-order valence-electron chi connectivity index (χ0n) is 10.2. The van der Waals surface area contributed by atoms with Crippen LogP contribution in [0.3, 0.4) is 0 Å². The predicted octanol–water partition coefficient (Wildman–Crippen LogP) is 2.12. The molecule has 1 aliphatic rings. The minimum Gasteiger partial charge on any atom is -0.461 e. The molecule has 0 aromatic heterocycles. The fourth-order valence-electron chi connectivity index (χ4n) is 2.17. The van der Waals surface area contributed by atoms with Crippen LogP contribution in [-0.4, -0.2) is 19.1 Å². The first-order chi connectivity index (χ1) is 8.28. The predicted molar refractivity (Wildman–Crippen MR) is 66.4 cm³/mol. The highest BCUT2D eigenvalue weighted by Gasteiger charge is 2.29. The zero-order chi connectivity index (χ0) is 12.1. The number of carbonyl (C=O) groups is 1. The Hall–Kier alpha value is -1.35. The maximum Gasteiger partial charge on any atom is 0.306 e. The second kappa shape index (κ2) is 5.82. The molecular formula is C14H19NO2. The van der Waals surface area contributed by atoms with Gasteiger partial charge in [0.15, 0.2) is 0 Å². The normalized spacial score (nSPS) is 22.9. The molecule has 1 aliphatic carbocycles. The standard InChI is InChI=1S/C14H19NO2/c1-15-13-7-12(8-13)9-14(16)17-10-11-5-3-2-4-6-11/h2-6,12-13,15H,7-10H2,1H3. The molecule has 0 unspecified atom stereocenters. The van der Waals surface area contributed by atoms with Gasteiger partial charge < -0.3 is 10.1 Å². The number of rotatable bonds is 5. The first-order valence-electron chi connectivity index (χ1n) is 6.14. The highest BCUT2D eigenvalue weighted by molar-refractivity contribution is 5.69. The molecule has 0 atom stereocenters. The van der Waals surface area contributed by atoms with E-state index in [9.17, 15) is 4.79 Å². The zero-order valence-corrected chi connectivity index (χ0v) is 10.2. The monoisotopic (exact) mass is 233 g/mol. The van der Waals surface area contributed by atoms with Crippen LogP contribution in [0, 0.1) is 5.92 Å². The summed E-state index contributed by atoms with van der Waals surface area (Å²) in [5.41, 5.74) is 1.04. The summed E-state index contributed by atoms with van der Waals surface area (Å²) in [7, 11) is 1.97. The number of hydrogen-bond donors (Lipinski definition) is 1. The maximum absolute atomic E-state index is 11.6. The van der Waals surface area contributed by atoms with Crippen LogP contribution in [0.4, 0.5) is 0 Å². The molecule has 3 nitrogen and oxygen atoms in total. The molecule has 0 heterocycles. The molecule has 3 heteroatoms. The van der Waals surface area contributed by atoms with E-state index >= 15 is 0 Å². The second-order valence-corrected chi connectivity index (χ2v) is 4.67. The van der Waals surface area contributed by atoms with Gasteiger partial charge in [0.25, 0.3) is 0 Å². The highest BCUT2D eigenvalue weighted by Crippen LogP contribution is 2.30. The minimum atomic E-state index is -0.0755. The molecule has 0 aliphatic heterocycles. The van der Waals surface area contributed by atoms with Crippen LogP contribution in [0.2, 0.25) is 0 Å². The van der Waals surface area contributed by atoms with Crippen LogP contribution in [0.5, 0.6) is 0 Å². The number of benzene rings is 1. The smallest absolute Gasteiger partial charge is 0.306 e. The minimum absolute atomic E-state index is 0.0755. The lowest BCUT2D eigenvalue weighted by atomic mass is 9.78. The van der Waals surface area contributed by atoms with Gasteiger partial charge >= 0.3 is 5.97 Å². The van der Waals surface area contributed by atoms with Crippen molar-refractivity contribution >= 4 is 5.97 Å². The summed E-state index contributed by atoms with van der Waals surface area (Å²) in [6, 6.07) is 10.4. The van der Waals surface area contributed by atoms with Gasteiger partial charge in [0, 0.05) is 12.5 Å². The van der Waals surface area contributed by atoms with Crippen molar-refractivity contribution < 1.29 is 9.53 Å². The first kappa shape index (κ1) is 12.1. The van der Waals surface area contributed by atoms with Crippen LogP contribution in [0.25, 0.3) is 0 Å². The van der Waals surface area contributed by atoms with Gasteiger partial charge in [0.05, 0.1) is 0 Å². The number of nitrogens with one attached hydrogen (secondary N) is 1. The van der Waals surface area contributed by atoms with Crippen LogP contribution in [-0.2, 0) is 16.1 Å². The third-order valence-corrected chi connectivity index (χ3v) is 3.34. The van der Waals surface area contributed by atoms with Crippen LogP contribution >= 0.6 is 0 Å². The van der Waals surface area contributed by atoms with Gasteiger partial charge in [-0.05, 0) is 31.4 Å². The molecule has 0 bridgehead atoms. The molecule has 1 fully saturated rings. The van der Waals surface area contributed by atoms with E-state index in [0.717, 1.165) is 18.4 Å². The molecule has 1 N–H and O–H groups in total. The summed E-state index contributed by atoms with van der Waals surface area (Å²) in [5.74, 6) is 0.434. The van der Waals surface area contributed by atoms with Crippen molar-refractivity contribution in [2.24, 2.45) is 5.92 Å². The Balaban J connectivity index is 1.65. The Labute approximate surface area is 102 Å². The lowest BCUT2D eigenvalue weighted by molar-refractivity contribution is -0.146. The Morgan fingerprint density at radius 2 is 2.06 bits per heavy atom. The summed E-state index contributed by atoms with van der Waals surface area (Å²) < 4.78 is 5.24. The molecule has 17 heavy (non-hydrogen) atoms. The Morgan fingerprint density at radius 3 is 2.71 bits per heavy atom. The van der Waals surface area contributed by atoms with Gasteiger partial charge in [-0.3, -0.25) is 4.79 Å². The van der Waals surface area contributed by atoms with E-state index in [-0.39, 0.29) is 5.97 Å². The van der Waals surface area contributed by atoms with Gasteiger partial charge in [-0.25, -0.2) is 0 Å². The Kier molecular flexibility index (Phi) is 4.15. The number of hydrogen-bond acceptors (Lipinski definition) is 3. The first-order valence-corrected chi connectivity index (χ1v) is 6.14. The van der Waals surface area contributed by atoms with E-state index in [1.165, 1.54) is 0 Å². The van der Waals surface area contributed by atoms with Crippen molar-refractivity contribution in [2.45, 2.75) is 31.9 Å². The molecule has 2 rings (SSSR count). The van der Waals surface area contributed by atoms with Gasteiger partial charge in [-0.2, -0.15) is 0 Å². The molecule has 0 amide bonds. The molecule has 0 spiro atoms. The molecule has 1 aromatic rings. The molecule has 1 aromatic carbocycles. The van der Waals surface area contributed by atoms with Crippen LogP contribution in [0.1, 0.15) is 24.8 Å². The average molecular weight is 233 g/mol. The van der Waals surface area contributed by atoms with E-state index in [1.807, 2.05) is 37.4 Å². The topological polar surface area (TPSA) is 38.3 Å². The van der Waals surface area contributed by atoms with Gasteiger partial charge in [-0.15, -0.1) is 0 Å². The van der Waals surface area contributed by atoms with Crippen molar-refractivity contribution in [2.75, 3.05) is 7.05 Å². The van der Waals surface area contributed by atoms with Crippen LogP contribution < -0.4 is 5.32 Å². The SMILES string of the molecule is CNC1CC(CC(=O)OCc2ccccc2)C1. The van der Waals surface area contributed by atoms with E-state index in [0.29, 0.717) is 25.0 Å². The summed E-state index contributed by atoms with van der Waals surface area (Å²) in [6.07, 6.45) is 2.75. The number of carbonyl (C=O) groups excluding carboxylic acids is 1. The van der Waals surface area contributed by atoms with E-state index in [1.54, 1.807) is 0 Å². The maximum atomic E-state index is 11.6. The van der Waals surface area contributed by atoms with Gasteiger partial charge in [0.2, 0.25) is 0 Å². The van der Waals surface area contributed by atoms with Gasteiger partial charge in [0.1, 0.15) is 6.61 Å². The van der Waals surface area contributed by atoms with Crippen molar-refractivity contribution in [3.8, 4) is 0 Å². The number of ether oxygens (including phenoxy) is 1. The van der Waals surface area contributed by atoms with E-state index < -0.39 is 0 Å². The Bertz CT molecular complexity index is 358.